The predicted molar refractivity (Wildman–Crippen MR) is 86.9 cm³/mol. The van der Waals surface area contributed by atoms with Crippen LogP contribution in [-0.2, 0) is 9.47 Å². The van der Waals surface area contributed by atoms with E-state index in [-0.39, 0.29) is 0 Å². The summed E-state index contributed by atoms with van der Waals surface area (Å²) in [7, 11) is 1.67. The van der Waals surface area contributed by atoms with Gasteiger partial charge in [0.15, 0.2) is 0 Å². The van der Waals surface area contributed by atoms with Gasteiger partial charge in [-0.25, -0.2) is 4.98 Å². The molecule has 0 saturated heterocycles. The molecule has 0 aliphatic heterocycles. The van der Waals surface area contributed by atoms with Gasteiger partial charge in [0.25, 0.3) is 0 Å². The van der Waals surface area contributed by atoms with Gasteiger partial charge in [0.2, 0.25) is 0 Å². The summed E-state index contributed by atoms with van der Waals surface area (Å²) in [5, 5.41) is 13.4. The number of anilines is 1. The molecule has 2 rings (SSSR count). The predicted octanol–water partition coefficient (Wildman–Crippen LogP) is 2.96. The number of pyridine rings is 1. The molecular formula is C17H21N3O2. The third kappa shape index (κ3) is 4.69. The second-order valence-electron chi connectivity index (χ2n) is 4.92. The van der Waals surface area contributed by atoms with Crippen LogP contribution in [0.2, 0.25) is 0 Å². The van der Waals surface area contributed by atoms with E-state index in [0.29, 0.717) is 18.8 Å². The molecule has 0 saturated carbocycles. The summed E-state index contributed by atoms with van der Waals surface area (Å²) in [6, 6.07) is 11.7. The Morgan fingerprint density at radius 1 is 1.18 bits per heavy atom. The number of aromatic nitrogens is 1. The molecule has 0 unspecified atom stereocenters. The molecule has 0 fully saturated rings. The number of methoxy groups -OCH3 is 1. The zero-order chi connectivity index (χ0) is 15.6. The van der Waals surface area contributed by atoms with Crippen LogP contribution >= 0.6 is 0 Å². The van der Waals surface area contributed by atoms with Crippen molar-refractivity contribution in [3.05, 3.63) is 35.9 Å². The van der Waals surface area contributed by atoms with Gasteiger partial charge in [0, 0.05) is 25.6 Å². The van der Waals surface area contributed by atoms with Crippen molar-refractivity contribution in [2.24, 2.45) is 0 Å². The third-order valence-corrected chi connectivity index (χ3v) is 3.29. The van der Waals surface area contributed by atoms with Crippen LogP contribution in [0.15, 0.2) is 30.3 Å². The molecule has 116 valence electrons. The number of hydrogen-bond acceptors (Lipinski definition) is 5. The Morgan fingerprint density at radius 3 is 2.86 bits per heavy atom. The first-order chi connectivity index (χ1) is 10.8. The highest BCUT2D eigenvalue weighted by atomic mass is 16.5. The van der Waals surface area contributed by atoms with Gasteiger partial charge < -0.3 is 14.8 Å². The van der Waals surface area contributed by atoms with Crippen molar-refractivity contribution < 1.29 is 9.47 Å². The molecule has 1 aromatic carbocycles. The van der Waals surface area contributed by atoms with Crippen molar-refractivity contribution in [1.82, 2.24) is 4.98 Å². The SMILES string of the molecule is COCCOCCCCNc1cc(C#N)c2ccccc2n1. The lowest BCUT2D eigenvalue weighted by Crippen LogP contribution is -2.07. The summed E-state index contributed by atoms with van der Waals surface area (Å²) in [6.07, 6.45) is 1.97. The van der Waals surface area contributed by atoms with E-state index < -0.39 is 0 Å². The summed E-state index contributed by atoms with van der Waals surface area (Å²) in [5.41, 5.74) is 1.49. The van der Waals surface area contributed by atoms with Gasteiger partial charge in [-0.15, -0.1) is 0 Å². The lowest BCUT2D eigenvalue weighted by molar-refractivity contribution is 0.0691. The number of unbranched alkanes of at least 4 members (excludes halogenated alkanes) is 1. The van der Waals surface area contributed by atoms with Gasteiger partial charge in [0.05, 0.1) is 30.4 Å². The molecule has 0 aliphatic carbocycles. The van der Waals surface area contributed by atoms with Gasteiger partial charge in [-0.2, -0.15) is 5.26 Å². The molecule has 1 heterocycles. The fraction of sp³-hybridized carbons (Fsp3) is 0.412. The standard InChI is InChI=1S/C17H21N3O2/c1-21-10-11-22-9-5-4-8-19-17-12-14(13-18)15-6-2-3-7-16(15)20-17/h2-3,6-7,12H,4-5,8-11H2,1H3,(H,19,20). The molecule has 5 nitrogen and oxygen atoms in total. The van der Waals surface area contributed by atoms with Crippen LogP contribution < -0.4 is 5.32 Å². The summed E-state index contributed by atoms with van der Waals surface area (Å²) >= 11 is 0. The van der Waals surface area contributed by atoms with Gasteiger partial charge in [-0.3, -0.25) is 0 Å². The molecule has 0 spiro atoms. The third-order valence-electron chi connectivity index (χ3n) is 3.29. The molecule has 0 atom stereocenters. The summed E-state index contributed by atoms with van der Waals surface area (Å²) in [5.74, 6) is 0.746. The first-order valence-corrected chi connectivity index (χ1v) is 7.45. The number of hydrogen-bond donors (Lipinski definition) is 1. The minimum atomic E-state index is 0.635. The van der Waals surface area contributed by atoms with E-state index in [1.807, 2.05) is 24.3 Å². The minimum Gasteiger partial charge on any atom is -0.382 e. The fourth-order valence-corrected chi connectivity index (χ4v) is 2.15. The number of nitrogens with zero attached hydrogens (tertiary/aromatic N) is 2. The fourth-order valence-electron chi connectivity index (χ4n) is 2.15. The molecular weight excluding hydrogens is 278 g/mol. The summed E-state index contributed by atoms with van der Waals surface area (Å²) in [4.78, 5) is 4.53. The Balaban J connectivity index is 1.81. The first-order valence-electron chi connectivity index (χ1n) is 7.45. The van der Waals surface area contributed by atoms with Crippen molar-refractivity contribution in [2.75, 3.05) is 38.8 Å². The van der Waals surface area contributed by atoms with Gasteiger partial charge in [-0.1, -0.05) is 18.2 Å². The Labute approximate surface area is 130 Å². The Hall–Kier alpha value is -2.16. The van der Waals surface area contributed by atoms with Crippen LogP contribution in [0.1, 0.15) is 18.4 Å². The molecule has 0 bridgehead atoms. The van der Waals surface area contributed by atoms with Crippen LogP contribution in [0, 0.1) is 11.3 Å². The minimum absolute atomic E-state index is 0.635. The molecule has 2 aromatic rings. The maximum absolute atomic E-state index is 9.24. The average molecular weight is 299 g/mol. The zero-order valence-corrected chi connectivity index (χ0v) is 12.8. The maximum Gasteiger partial charge on any atom is 0.127 e. The van der Waals surface area contributed by atoms with E-state index in [1.54, 1.807) is 13.2 Å². The van der Waals surface area contributed by atoms with Gasteiger partial charge in [0.1, 0.15) is 5.82 Å². The van der Waals surface area contributed by atoms with E-state index in [0.717, 1.165) is 42.7 Å². The van der Waals surface area contributed by atoms with Crippen molar-refractivity contribution in [1.29, 1.82) is 5.26 Å². The van der Waals surface area contributed by atoms with E-state index in [9.17, 15) is 5.26 Å². The highest BCUT2D eigenvalue weighted by molar-refractivity contribution is 5.86. The quantitative estimate of drug-likeness (QED) is 0.721. The monoisotopic (exact) mass is 299 g/mol. The number of fused-ring (bicyclic) bond motifs is 1. The summed E-state index contributed by atoms with van der Waals surface area (Å²) < 4.78 is 10.3. The maximum atomic E-state index is 9.24. The zero-order valence-electron chi connectivity index (χ0n) is 12.8. The number of nitrogens with one attached hydrogen (secondary N) is 1. The highest BCUT2D eigenvalue weighted by Gasteiger charge is 2.04. The van der Waals surface area contributed by atoms with Gasteiger partial charge in [-0.05, 0) is 25.0 Å². The van der Waals surface area contributed by atoms with Crippen molar-refractivity contribution in [3.8, 4) is 6.07 Å². The van der Waals surface area contributed by atoms with E-state index >= 15 is 0 Å². The molecule has 5 heteroatoms. The lowest BCUT2D eigenvalue weighted by atomic mass is 10.1. The van der Waals surface area contributed by atoms with Crippen molar-refractivity contribution in [2.45, 2.75) is 12.8 Å². The normalized spacial score (nSPS) is 10.5. The second kappa shape index (κ2) is 8.98. The number of rotatable bonds is 9. The molecule has 1 aromatic heterocycles. The Kier molecular flexibility index (Phi) is 6.62. The second-order valence-corrected chi connectivity index (χ2v) is 4.92. The topological polar surface area (TPSA) is 67.2 Å². The van der Waals surface area contributed by atoms with Crippen LogP contribution in [0.25, 0.3) is 10.9 Å². The van der Waals surface area contributed by atoms with Crippen LogP contribution in [-0.4, -0.2) is 38.5 Å². The van der Waals surface area contributed by atoms with Crippen LogP contribution in [0.3, 0.4) is 0 Å². The van der Waals surface area contributed by atoms with Crippen LogP contribution in [0.5, 0.6) is 0 Å². The average Bonchev–Trinajstić information content (AvgIpc) is 2.56. The Bertz CT molecular complexity index is 637. The number of ether oxygens (including phenoxy) is 2. The Morgan fingerprint density at radius 2 is 2.05 bits per heavy atom. The smallest absolute Gasteiger partial charge is 0.127 e. The first kappa shape index (κ1) is 16.2. The summed E-state index contributed by atoms with van der Waals surface area (Å²) in [6.45, 7) is 2.82. The van der Waals surface area contributed by atoms with Crippen molar-refractivity contribution in [3.63, 3.8) is 0 Å². The molecule has 22 heavy (non-hydrogen) atoms. The lowest BCUT2D eigenvalue weighted by Gasteiger charge is -2.08. The number of nitriles is 1. The molecule has 0 amide bonds. The molecule has 1 N–H and O–H groups in total. The number of para-hydroxylation sites is 1. The molecule has 0 radical (unpaired) electrons. The molecule has 0 aliphatic rings. The van der Waals surface area contributed by atoms with E-state index in [1.165, 1.54) is 0 Å². The highest BCUT2D eigenvalue weighted by Crippen LogP contribution is 2.19. The van der Waals surface area contributed by atoms with Crippen LogP contribution in [0.4, 0.5) is 5.82 Å². The van der Waals surface area contributed by atoms with Gasteiger partial charge >= 0.3 is 0 Å². The van der Waals surface area contributed by atoms with Crippen molar-refractivity contribution >= 4 is 16.7 Å². The number of benzene rings is 1. The largest absolute Gasteiger partial charge is 0.382 e. The van der Waals surface area contributed by atoms with E-state index in [4.69, 9.17) is 9.47 Å². The van der Waals surface area contributed by atoms with E-state index in [2.05, 4.69) is 16.4 Å².